The summed E-state index contributed by atoms with van der Waals surface area (Å²) in [7, 11) is 0. The molecule has 8 heteroatoms. The van der Waals surface area contributed by atoms with Gasteiger partial charge in [0, 0.05) is 24.4 Å². The fraction of sp³-hybridized carbons (Fsp3) is 0.294. The lowest BCUT2D eigenvalue weighted by atomic mass is 9.97. The van der Waals surface area contributed by atoms with Gasteiger partial charge in [0.15, 0.2) is 0 Å². The van der Waals surface area contributed by atoms with Crippen molar-refractivity contribution in [3.05, 3.63) is 42.0 Å². The Morgan fingerprint density at radius 3 is 2.76 bits per heavy atom. The molecule has 4 rings (SSSR count). The van der Waals surface area contributed by atoms with Gasteiger partial charge < -0.3 is 14.5 Å². The first-order chi connectivity index (χ1) is 12.1. The molecular formula is C17H15FN4O3. The van der Waals surface area contributed by atoms with Crippen LogP contribution in [0.4, 0.5) is 9.18 Å². The predicted molar refractivity (Wildman–Crippen MR) is 86.6 cm³/mol. The maximum Gasteiger partial charge on any atom is 0.407 e. The van der Waals surface area contributed by atoms with Crippen LogP contribution in [0, 0.1) is 5.82 Å². The molecule has 1 aliphatic rings. The largest absolute Gasteiger partial charge is 0.465 e. The van der Waals surface area contributed by atoms with Crippen molar-refractivity contribution in [3.8, 4) is 11.5 Å². The Balaban J connectivity index is 1.56. The van der Waals surface area contributed by atoms with Gasteiger partial charge in [-0.25, -0.2) is 14.2 Å². The number of carbonyl (C=O) groups is 1. The Hall–Kier alpha value is -3.03. The highest BCUT2D eigenvalue weighted by Gasteiger charge is 2.27. The average Bonchev–Trinajstić information content (AvgIpc) is 3.12. The van der Waals surface area contributed by atoms with Crippen molar-refractivity contribution in [2.45, 2.75) is 18.8 Å². The fourth-order valence-electron chi connectivity index (χ4n) is 3.06. The van der Waals surface area contributed by atoms with Gasteiger partial charge in [-0.2, -0.15) is 4.98 Å². The van der Waals surface area contributed by atoms with Crippen LogP contribution in [0.1, 0.15) is 24.7 Å². The number of likely N-dealkylation sites (tertiary alicyclic amines) is 1. The molecule has 3 heterocycles. The fourth-order valence-corrected chi connectivity index (χ4v) is 3.06. The molecule has 1 saturated heterocycles. The minimum atomic E-state index is -0.905. The lowest BCUT2D eigenvalue weighted by Gasteiger charge is -2.27. The van der Waals surface area contributed by atoms with E-state index < -0.39 is 6.09 Å². The van der Waals surface area contributed by atoms with Crippen LogP contribution in [-0.4, -0.2) is 44.3 Å². The highest BCUT2D eigenvalue weighted by Crippen LogP contribution is 2.28. The highest BCUT2D eigenvalue weighted by molar-refractivity contribution is 5.81. The van der Waals surface area contributed by atoms with E-state index in [2.05, 4.69) is 15.1 Å². The molecule has 1 amide bonds. The Morgan fingerprint density at radius 2 is 2.00 bits per heavy atom. The first-order valence-corrected chi connectivity index (χ1v) is 7.99. The molecule has 0 saturated carbocycles. The van der Waals surface area contributed by atoms with Crippen molar-refractivity contribution >= 4 is 17.0 Å². The van der Waals surface area contributed by atoms with Crippen LogP contribution in [0.2, 0.25) is 0 Å². The van der Waals surface area contributed by atoms with Crippen LogP contribution in [0.15, 0.2) is 34.9 Å². The molecule has 0 radical (unpaired) electrons. The van der Waals surface area contributed by atoms with Crippen LogP contribution < -0.4 is 0 Å². The number of benzene rings is 1. The summed E-state index contributed by atoms with van der Waals surface area (Å²) in [5, 5.41) is 13.4. The summed E-state index contributed by atoms with van der Waals surface area (Å²) in [6.45, 7) is 0.899. The highest BCUT2D eigenvalue weighted by atomic mass is 19.1. The Morgan fingerprint density at radius 1 is 1.20 bits per heavy atom. The monoisotopic (exact) mass is 342 g/mol. The number of rotatable bonds is 2. The molecule has 0 bridgehead atoms. The Bertz CT molecular complexity index is 935. The Kier molecular flexibility index (Phi) is 3.79. The second-order valence-corrected chi connectivity index (χ2v) is 6.00. The van der Waals surface area contributed by atoms with Crippen molar-refractivity contribution < 1.29 is 18.8 Å². The maximum atomic E-state index is 13.7. The number of halogens is 1. The molecule has 0 unspecified atom stereocenters. The van der Waals surface area contributed by atoms with Crippen molar-refractivity contribution in [2.24, 2.45) is 0 Å². The second-order valence-electron chi connectivity index (χ2n) is 6.00. The number of hydrogen-bond donors (Lipinski definition) is 1. The van der Waals surface area contributed by atoms with Gasteiger partial charge in [0.25, 0.3) is 0 Å². The van der Waals surface area contributed by atoms with Crippen molar-refractivity contribution in [1.29, 1.82) is 0 Å². The van der Waals surface area contributed by atoms with Gasteiger partial charge in [-0.05, 0) is 37.1 Å². The number of hydrogen-bond acceptors (Lipinski definition) is 5. The van der Waals surface area contributed by atoms with Gasteiger partial charge in [-0.3, -0.25) is 0 Å². The number of fused-ring (bicyclic) bond motifs is 1. The second kappa shape index (κ2) is 6.12. The number of amides is 1. The third-order valence-corrected chi connectivity index (χ3v) is 4.46. The number of piperidine rings is 1. The molecule has 7 nitrogen and oxygen atoms in total. The van der Waals surface area contributed by atoms with Crippen molar-refractivity contribution in [1.82, 2.24) is 20.0 Å². The molecule has 1 aromatic carbocycles. The van der Waals surface area contributed by atoms with Crippen molar-refractivity contribution in [2.75, 3.05) is 13.1 Å². The molecule has 1 N–H and O–H groups in total. The van der Waals surface area contributed by atoms with E-state index in [1.54, 1.807) is 24.3 Å². The summed E-state index contributed by atoms with van der Waals surface area (Å²) >= 11 is 0. The number of nitrogens with zero attached hydrogens (tertiary/aromatic N) is 4. The van der Waals surface area contributed by atoms with Gasteiger partial charge in [0.1, 0.15) is 11.5 Å². The van der Waals surface area contributed by atoms with E-state index in [0.717, 1.165) is 0 Å². The van der Waals surface area contributed by atoms with E-state index in [-0.39, 0.29) is 11.7 Å². The first-order valence-electron chi connectivity index (χ1n) is 7.99. The maximum absolute atomic E-state index is 13.7. The average molecular weight is 342 g/mol. The third-order valence-electron chi connectivity index (χ3n) is 4.46. The Labute approximate surface area is 142 Å². The number of pyridine rings is 1. The smallest absolute Gasteiger partial charge is 0.407 e. The topological polar surface area (TPSA) is 92.3 Å². The van der Waals surface area contributed by atoms with Gasteiger partial charge >= 0.3 is 6.09 Å². The quantitative estimate of drug-likeness (QED) is 0.768. The van der Waals surface area contributed by atoms with E-state index in [4.69, 9.17) is 9.63 Å². The standard InChI is InChI=1S/C17H15FN4O3/c18-12-2-1-3-13-11(12)4-5-14(19-13)15-20-16(25-21-15)10-6-8-22(9-7-10)17(23)24/h1-5,10H,6-9H2,(H,23,24). The van der Waals surface area contributed by atoms with Gasteiger partial charge in [-0.1, -0.05) is 11.2 Å². The normalized spacial score (nSPS) is 15.6. The molecule has 0 spiro atoms. The van der Waals surface area contributed by atoms with Crippen molar-refractivity contribution in [3.63, 3.8) is 0 Å². The molecular weight excluding hydrogens is 327 g/mol. The van der Waals surface area contributed by atoms with Gasteiger partial charge in [-0.15, -0.1) is 0 Å². The van der Waals surface area contributed by atoms with E-state index >= 15 is 0 Å². The van der Waals surface area contributed by atoms with E-state index in [1.165, 1.54) is 11.0 Å². The van der Waals surface area contributed by atoms with Crippen LogP contribution >= 0.6 is 0 Å². The molecule has 128 valence electrons. The van der Waals surface area contributed by atoms with E-state index in [1.807, 2.05) is 0 Å². The summed E-state index contributed by atoms with van der Waals surface area (Å²) in [4.78, 5) is 21.1. The molecule has 2 aromatic heterocycles. The predicted octanol–water partition coefficient (Wildman–Crippen LogP) is 3.28. The van der Waals surface area contributed by atoms with Crippen LogP contribution in [0.25, 0.3) is 22.4 Å². The molecule has 0 aliphatic carbocycles. The summed E-state index contributed by atoms with van der Waals surface area (Å²) in [5.74, 6) is 0.549. The molecule has 3 aromatic rings. The summed E-state index contributed by atoms with van der Waals surface area (Å²) in [5.41, 5.74) is 1.04. The SMILES string of the molecule is O=C(O)N1CCC(c2nc(-c3ccc4c(F)cccc4n3)no2)CC1. The number of aromatic nitrogens is 3. The third kappa shape index (κ3) is 2.90. The van der Waals surface area contributed by atoms with Crippen LogP contribution in [0.5, 0.6) is 0 Å². The van der Waals surface area contributed by atoms with Gasteiger partial charge in [0.05, 0.1) is 5.52 Å². The number of carboxylic acid groups (broad SMARTS) is 1. The van der Waals surface area contributed by atoms with Gasteiger partial charge in [0.2, 0.25) is 11.7 Å². The van der Waals surface area contributed by atoms with Crippen LogP contribution in [-0.2, 0) is 0 Å². The van der Waals surface area contributed by atoms with E-state index in [9.17, 15) is 9.18 Å². The molecule has 1 aliphatic heterocycles. The zero-order chi connectivity index (χ0) is 17.4. The summed E-state index contributed by atoms with van der Waals surface area (Å²) in [6, 6.07) is 8.03. The molecule has 25 heavy (non-hydrogen) atoms. The zero-order valence-electron chi connectivity index (χ0n) is 13.2. The van der Waals surface area contributed by atoms with E-state index in [0.29, 0.717) is 54.2 Å². The minimum absolute atomic E-state index is 0.0368. The molecule has 0 atom stereocenters. The first kappa shape index (κ1) is 15.5. The lowest BCUT2D eigenvalue weighted by Crippen LogP contribution is -2.36. The minimum Gasteiger partial charge on any atom is -0.465 e. The molecule has 1 fully saturated rings. The summed E-state index contributed by atoms with van der Waals surface area (Å²) in [6.07, 6.45) is 0.381. The lowest BCUT2D eigenvalue weighted by molar-refractivity contribution is 0.128. The van der Waals surface area contributed by atoms with Crippen LogP contribution in [0.3, 0.4) is 0 Å². The summed E-state index contributed by atoms with van der Waals surface area (Å²) < 4.78 is 19.1. The zero-order valence-corrected chi connectivity index (χ0v) is 13.2.